The lowest BCUT2D eigenvalue weighted by molar-refractivity contribution is -0.570. The third-order valence-corrected chi connectivity index (χ3v) is 8.38. The van der Waals surface area contributed by atoms with Crippen molar-refractivity contribution in [3.63, 3.8) is 0 Å². The van der Waals surface area contributed by atoms with Crippen LogP contribution in [0.3, 0.4) is 0 Å². The summed E-state index contributed by atoms with van der Waals surface area (Å²) in [6.45, 7) is 4.02. The summed E-state index contributed by atoms with van der Waals surface area (Å²) in [4.78, 5) is 31.7. The lowest BCUT2D eigenvalue weighted by atomic mass is 9.69. The number of anilines is 1. The molecule has 1 fully saturated rings. The minimum atomic E-state index is -1.34. The van der Waals surface area contributed by atoms with Crippen LogP contribution in [0.2, 0.25) is 0 Å². The number of hydrogen-bond acceptors (Lipinski definition) is 7. The van der Waals surface area contributed by atoms with Gasteiger partial charge in [-0.15, -0.1) is 0 Å². The maximum atomic E-state index is 14.1. The molecule has 0 aliphatic carbocycles. The van der Waals surface area contributed by atoms with Gasteiger partial charge in [0.05, 0.1) is 14.2 Å². The molecular formula is C34H33N4O4+. The molecule has 8 heteroatoms. The van der Waals surface area contributed by atoms with Crippen molar-refractivity contribution in [1.82, 2.24) is 5.43 Å². The van der Waals surface area contributed by atoms with Gasteiger partial charge in [0, 0.05) is 33.3 Å². The summed E-state index contributed by atoms with van der Waals surface area (Å²) < 4.78 is 10.9. The highest BCUT2D eigenvalue weighted by atomic mass is 16.5. The summed E-state index contributed by atoms with van der Waals surface area (Å²) in [5, 5.41) is 5.44. The number of ether oxygens (including phenoxy) is 2. The number of esters is 2. The van der Waals surface area contributed by atoms with Gasteiger partial charge in [0.15, 0.2) is 5.54 Å². The zero-order valence-electron chi connectivity index (χ0n) is 24.0. The van der Waals surface area contributed by atoms with Gasteiger partial charge in [-0.3, -0.25) is 4.79 Å². The molecule has 42 heavy (non-hydrogen) atoms. The van der Waals surface area contributed by atoms with Crippen molar-refractivity contribution < 1.29 is 23.9 Å². The van der Waals surface area contributed by atoms with Crippen molar-refractivity contribution >= 4 is 23.3 Å². The van der Waals surface area contributed by atoms with Crippen LogP contribution in [0.25, 0.3) is 0 Å². The fraction of sp³-hybridized carbons (Fsp3) is 0.235. The molecule has 6 rings (SSSR count). The van der Waals surface area contributed by atoms with Gasteiger partial charge in [-0.05, 0) is 31.5 Å². The number of benzene rings is 4. The van der Waals surface area contributed by atoms with Gasteiger partial charge in [-0.2, -0.15) is 5.43 Å². The van der Waals surface area contributed by atoms with Crippen molar-refractivity contribution in [3.05, 3.63) is 131 Å². The summed E-state index contributed by atoms with van der Waals surface area (Å²) in [6, 6.07) is 34.3. The van der Waals surface area contributed by atoms with E-state index in [9.17, 15) is 9.59 Å². The molecule has 4 aromatic carbocycles. The average Bonchev–Trinajstić information content (AvgIpc) is 3.51. The molecule has 2 aliphatic rings. The molecule has 0 saturated carbocycles. The molecular weight excluding hydrogens is 528 g/mol. The molecule has 1 N–H and O–H groups in total. The van der Waals surface area contributed by atoms with Crippen LogP contribution in [0.15, 0.2) is 114 Å². The second-order valence-electron chi connectivity index (χ2n) is 10.7. The molecule has 4 aromatic rings. The topological polar surface area (TPSA) is 83.2 Å². The summed E-state index contributed by atoms with van der Waals surface area (Å²) in [5.41, 5.74) is 6.17. The summed E-state index contributed by atoms with van der Waals surface area (Å²) >= 11 is 0. The highest BCUT2D eigenvalue weighted by Gasteiger charge is 2.81. The molecule has 0 aromatic heterocycles. The minimum absolute atomic E-state index is 0.557. The minimum Gasteiger partial charge on any atom is -0.469 e. The number of carbonyl (C=O) groups excluding carboxylic acids is 2. The molecule has 0 amide bonds. The number of hydrazine groups is 1. The quantitative estimate of drug-likeness (QED) is 0.247. The van der Waals surface area contributed by atoms with E-state index in [1.54, 1.807) is 4.81 Å². The van der Waals surface area contributed by atoms with Gasteiger partial charge >= 0.3 is 11.9 Å². The number of nitrogens with zero attached hydrogens (tertiary/aromatic N) is 3. The van der Waals surface area contributed by atoms with Crippen LogP contribution < -0.4 is 10.3 Å². The zero-order valence-corrected chi connectivity index (χ0v) is 24.0. The van der Waals surface area contributed by atoms with Crippen LogP contribution in [0.1, 0.15) is 22.3 Å². The first-order valence-corrected chi connectivity index (χ1v) is 13.9. The molecule has 0 unspecified atom stereocenters. The van der Waals surface area contributed by atoms with Gasteiger partial charge in [-0.1, -0.05) is 96.1 Å². The van der Waals surface area contributed by atoms with Gasteiger partial charge in [0.2, 0.25) is 0 Å². The molecule has 2 aliphatic heterocycles. The molecule has 212 valence electrons. The SMILES string of the molecule is COC(=O)[C@@H]1[C@H](C(=O)OC)N(c2ccc(C)cc2)[C@@]2(c3ccccc3)N=[N+](c3ccccc3)N[C@@]12c1ccc(C)cc1. The van der Waals surface area contributed by atoms with Crippen LogP contribution in [-0.4, -0.2) is 37.0 Å². The van der Waals surface area contributed by atoms with Crippen LogP contribution in [0.5, 0.6) is 0 Å². The van der Waals surface area contributed by atoms with Gasteiger partial charge in [0.25, 0.3) is 11.4 Å². The van der Waals surface area contributed by atoms with E-state index in [4.69, 9.17) is 14.6 Å². The number of methoxy groups -OCH3 is 2. The number of azo groups is 1. The highest BCUT2D eigenvalue weighted by molar-refractivity contribution is 5.92. The predicted octanol–water partition coefficient (Wildman–Crippen LogP) is 5.52. The summed E-state index contributed by atoms with van der Waals surface area (Å²) in [5.74, 6) is -2.19. The lowest BCUT2D eigenvalue weighted by Crippen LogP contribution is -2.59. The van der Waals surface area contributed by atoms with E-state index in [0.717, 1.165) is 27.9 Å². The Kier molecular flexibility index (Phi) is 6.77. The van der Waals surface area contributed by atoms with Crippen LogP contribution in [0, 0.1) is 19.8 Å². The first-order chi connectivity index (χ1) is 20.4. The Morgan fingerprint density at radius 2 is 1.29 bits per heavy atom. The number of hydrogen-bond donors (Lipinski definition) is 1. The third-order valence-electron chi connectivity index (χ3n) is 8.38. The fourth-order valence-electron chi connectivity index (χ4n) is 6.50. The Bertz CT molecular complexity index is 1640. The van der Waals surface area contributed by atoms with Gasteiger partial charge < -0.3 is 14.4 Å². The van der Waals surface area contributed by atoms with Gasteiger partial charge in [-0.25, -0.2) is 4.79 Å². The number of rotatable bonds is 6. The van der Waals surface area contributed by atoms with E-state index in [-0.39, 0.29) is 0 Å². The van der Waals surface area contributed by atoms with E-state index in [1.807, 2.05) is 128 Å². The monoisotopic (exact) mass is 561 g/mol. The number of carbonyl (C=O) groups is 2. The molecule has 0 spiro atoms. The van der Waals surface area contributed by atoms with E-state index in [2.05, 4.69) is 5.43 Å². The first kappa shape index (κ1) is 27.2. The largest absolute Gasteiger partial charge is 0.469 e. The summed E-state index contributed by atoms with van der Waals surface area (Å²) in [7, 11) is 2.69. The molecule has 0 radical (unpaired) electrons. The average molecular weight is 562 g/mol. The maximum Gasteiger partial charge on any atom is 0.329 e. The number of aryl methyl sites for hydroxylation is 2. The Hall–Kier alpha value is -4.98. The predicted molar refractivity (Wildman–Crippen MR) is 158 cm³/mol. The van der Waals surface area contributed by atoms with Crippen molar-refractivity contribution in [2.24, 2.45) is 11.0 Å². The molecule has 1 saturated heterocycles. The maximum absolute atomic E-state index is 14.1. The smallest absolute Gasteiger partial charge is 0.329 e. The fourth-order valence-corrected chi connectivity index (χ4v) is 6.50. The van der Waals surface area contributed by atoms with Crippen LogP contribution in [-0.2, 0) is 30.3 Å². The van der Waals surface area contributed by atoms with E-state index < -0.39 is 35.1 Å². The number of fused-ring (bicyclic) bond motifs is 1. The highest BCUT2D eigenvalue weighted by Crippen LogP contribution is 2.62. The van der Waals surface area contributed by atoms with E-state index in [0.29, 0.717) is 5.69 Å². The van der Waals surface area contributed by atoms with Gasteiger partial charge in [0.1, 0.15) is 12.0 Å². The Labute approximate surface area is 245 Å². The number of nitrogens with one attached hydrogen (secondary N) is 1. The molecule has 8 nitrogen and oxygen atoms in total. The van der Waals surface area contributed by atoms with Crippen molar-refractivity contribution in [3.8, 4) is 0 Å². The third kappa shape index (κ3) is 3.89. The lowest BCUT2D eigenvalue weighted by Gasteiger charge is -2.40. The van der Waals surface area contributed by atoms with E-state index >= 15 is 0 Å². The van der Waals surface area contributed by atoms with Crippen LogP contribution in [0.4, 0.5) is 11.4 Å². The second-order valence-corrected chi connectivity index (χ2v) is 10.7. The Balaban J connectivity index is 1.80. The van der Waals surface area contributed by atoms with Crippen molar-refractivity contribution in [2.75, 3.05) is 19.1 Å². The molecule has 2 heterocycles. The van der Waals surface area contributed by atoms with E-state index in [1.165, 1.54) is 14.2 Å². The normalized spacial score (nSPS) is 24.4. The Morgan fingerprint density at radius 1 is 0.738 bits per heavy atom. The molecule has 4 atom stereocenters. The van der Waals surface area contributed by atoms with Crippen molar-refractivity contribution in [2.45, 2.75) is 31.1 Å². The standard InChI is InChI=1S/C34H33N4O4/c1-23-15-19-25(20-16-23)33-29(31(39)41-3)30(32(40)42-4)37(27-21-17-24(2)18-22-27)34(33,26-11-7-5-8-12-26)36-38(35-33)28-13-9-6-10-14-28/h5-22,29-30H,1-4H3,(H,35,36)/q+1/t29-,30+,33-,34+/m0/s1. The first-order valence-electron chi connectivity index (χ1n) is 13.9. The van der Waals surface area contributed by atoms with Crippen LogP contribution >= 0.6 is 0 Å². The number of para-hydroxylation sites is 1. The second kappa shape index (κ2) is 10.4. The Morgan fingerprint density at radius 3 is 1.86 bits per heavy atom. The molecule has 0 bridgehead atoms. The van der Waals surface area contributed by atoms with Crippen molar-refractivity contribution in [1.29, 1.82) is 0 Å². The zero-order chi connectivity index (χ0) is 29.5. The summed E-state index contributed by atoms with van der Waals surface area (Å²) in [6.07, 6.45) is 0.